The van der Waals surface area contributed by atoms with E-state index in [9.17, 15) is 9.59 Å². The number of hydrogen-bond donors (Lipinski definition) is 1. The Labute approximate surface area is 125 Å². The van der Waals surface area contributed by atoms with Crippen LogP contribution in [0.2, 0.25) is 0 Å². The first-order valence-electron chi connectivity index (χ1n) is 6.10. The van der Waals surface area contributed by atoms with Gasteiger partial charge in [0.1, 0.15) is 6.04 Å². The van der Waals surface area contributed by atoms with Gasteiger partial charge in [-0.2, -0.15) is 0 Å². The summed E-state index contributed by atoms with van der Waals surface area (Å²) in [6.07, 6.45) is 0. The van der Waals surface area contributed by atoms with Crippen LogP contribution in [0.15, 0.2) is 15.9 Å². The Morgan fingerprint density at radius 3 is 2.63 bits per heavy atom. The highest BCUT2D eigenvalue weighted by Gasteiger charge is 2.42. The number of rotatable bonds is 2. The van der Waals surface area contributed by atoms with E-state index in [-0.39, 0.29) is 23.8 Å². The van der Waals surface area contributed by atoms with Gasteiger partial charge in [0, 0.05) is 4.88 Å². The third-order valence-electron chi connectivity index (χ3n) is 3.07. The van der Waals surface area contributed by atoms with Crippen LogP contribution in [-0.4, -0.2) is 29.3 Å². The number of carbonyl (C=O) groups is 2. The van der Waals surface area contributed by atoms with Gasteiger partial charge in [-0.15, -0.1) is 11.3 Å². The van der Waals surface area contributed by atoms with Crippen molar-refractivity contribution >= 4 is 39.1 Å². The number of hydrogen-bond acceptors (Lipinski definition) is 3. The summed E-state index contributed by atoms with van der Waals surface area (Å²) in [7, 11) is 0. The van der Waals surface area contributed by atoms with Gasteiger partial charge in [0.2, 0.25) is 11.8 Å². The molecule has 2 amide bonds. The van der Waals surface area contributed by atoms with Gasteiger partial charge in [-0.25, -0.2) is 0 Å². The second-order valence-electron chi connectivity index (χ2n) is 5.71. The first kappa shape index (κ1) is 14.5. The molecule has 0 radical (unpaired) electrons. The fourth-order valence-electron chi connectivity index (χ4n) is 2.29. The Hall–Kier alpha value is -0.880. The highest BCUT2D eigenvalue weighted by molar-refractivity contribution is 9.11. The second kappa shape index (κ2) is 5.25. The van der Waals surface area contributed by atoms with Crippen LogP contribution in [-0.2, 0) is 16.1 Å². The molecule has 0 aliphatic carbocycles. The largest absolute Gasteiger partial charge is 0.345 e. The lowest BCUT2D eigenvalue weighted by Gasteiger charge is -2.41. The first-order valence-corrected chi connectivity index (χ1v) is 7.71. The van der Waals surface area contributed by atoms with Crippen molar-refractivity contribution in [2.45, 2.75) is 33.4 Å². The zero-order valence-electron chi connectivity index (χ0n) is 11.2. The second-order valence-corrected chi connectivity index (χ2v) is 8.26. The van der Waals surface area contributed by atoms with E-state index in [1.54, 1.807) is 16.2 Å². The lowest BCUT2D eigenvalue weighted by molar-refractivity contribution is -0.150. The van der Waals surface area contributed by atoms with Crippen LogP contribution in [0.5, 0.6) is 0 Å². The molecule has 1 fully saturated rings. The van der Waals surface area contributed by atoms with E-state index in [0.29, 0.717) is 6.54 Å². The van der Waals surface area contributed by atoms with Gasteiger partial charge in [-0.1, -0.05) is 20.8 Å². The number of piperazine rings is 1. The Morgan fingerprint density at radius 2 is 2.11 bits per heavy atom. The fraction of sp³-hybridized carbons (Fsp3) is 0.538. The third kappa shape index (κ3) is 3.17. The predicted octanol–water partition coefficient (Wildman–Crippen LogP) is 2.38. The Balaban J connectivity index is 2.27. The maximum atomic E-state index is 12.1. The van der Waals surface area contributed by atoms with Gasteiger partial charge in [-0.05, 0) is 33.5 Å². The summed E-state index contributed by atoms with van der Waals surface area (Å²) in [4.78, 5) is 27.0. The summed E-state index contributed by atoms with van der Waals surface area (Å²) in [5.74, 6) is -0.0910. The Morgan fingerprint density at radius 1 is 1.42 bits per heavy atom. The highest BCUT2D eigenvalue weighted by Crippen LogP contribution is 2.30. The molecule has 0 saturated carbocycles. The molecule has 1 aliphatic heterocycles. The smallest absolute Gasteiger partial charge is 0.243 e. The average Bonchev–Trinajstić information content (AvgIpc) is 2.68. The van der Waals surface area contributed by atoms with Gasteiger partial charge in [-0.3, -0.25) is 9.59 Å². The van der Waals surface area contributed by atoms with E-state index in [1.807, 2.05) is 32.9 Å². The van der Waals surface area contributed by atoms with E-state index >= 15 is 0 Å². The van der Waals surface area contributed by atoms with Crippen LogP contribution in [0.4, 0.5) is 0 Å². The van der Waals surface area contributed by atoms with E-state index in [0.717, 1.165) is 8.66 Å². The first-order chi connectivity index (χ1) is 8.79. The monoisotopic (exact) mass is 344 g/mol. The van der Waals surface area contributed by atoms with Crippen molar-refractivity contribution < 1.29 is 9.59 Å². The van der Waals surface area contributed by atoms with Crippen LogP contribution in [0.3, 0.4) is 0 Å². The van der Waals surface area contributed by atoms with Crippen molar-refractivity contribution in [2.75, 3.05) is 6.54 Å². The minimum absolute atomic E-state index is 0.0240. The standard InChI is InChI=1S/C13H17BrN2O2S/c1-13(2,3)11-12(18)15-6-10(17)16(11)7-8-4-5-9(14)19-8/h4-5,11H,6-7H2,1-3H3,(H,15,18). The molecular formula is C13H17BrN2O2S. The zero-order valence-corrected chi connectivity index (χ0v) is 13.6. The van der Waals surface area contributed by atoms with Crippen LogP contribution in [0.25, 0.3) is 0 Å². The van der Waals surface area contributed by atoms with Crippen molar-refractivity contribution in [3.8, 4) is 0 Å². The average molecular weight is 345 g/mol. The number of nitrogens with one attached hydrogen (secondary N) is 1. The van der Waals surface area contributed by atoms with Crippen molar-refractivity contribution in [1.82, 2.24) is 10.2 Å². The van der Waals surface area contributed by atoms with Crippen molar-refractivity contribution in [3.63, 3.8) is 0 Å². The lowest BCUT2D eigenvalue weighted by Crippen LogP contribution is -2.62. The topological polar surface area (TPSA) is 49.4 Å². The Kier molecular flexibility index (Phi) is 4.01. The van der Waals surface area contributed by atoms with Gasteiger partial charge < -0.3 is 10.2 Å². The zero-order chi connectivity index (χ0) is 14.2. The number of nitrogens with zero attached hydrogens (tertiary/aromatic N) is 1. The molecule has 1 aliphatic rings. The fourth-order valence-corrected chi connectivity index (χ4v) is 3.77. The quantitative estimate of drug-likeness (QED) is 0.895. The predicted molar refractivity (Wildman–Crippen MR) is 78.8 cm³/mol. The van der Waals surface area contributed by atoms with Crippen molar-refractivity contribution in [2.24, 2.45) is 5.41 Å². The normalized spacial score (nSPS) is 20.6. The molecule has 104 valence electrons. The molecule has 2 rings (SSSR count). The molecular weight excluding hydrogens is 328 g/mol. The maximum Gasteiger partial charge on any atom is 0.243 e. The summed E-state index contributed by atoms with van der Waals surface area (Å²) in [5, 5.41) is 2.67. The number of amides is 2. The third-order valence-corrected chi connectivity index (χ3v) is 4.68. The van der Waals surface area contributed by atoms with Crippen LogP contribution < -0.4 is 5.32 Å². The van der Waals surface area contributed by atoms with E-state index in [2.05, 4.69) is 21.2 Å². The number of halogens is 1. The molecule has 19 heavy (non-hydrogen) atoms. The van der Waals surface area contributed by atoms with E-state index in [4.69, 9.17) is 0 Å². The number of carbonyl (C=O) groups excluding carboxylic acids is 2. The molecule has 2 heterocycles. The molecule has 0 aromatic carbocycles. The SMILES string of the molecule is CC(C)(C)C1C(=O)NCC(=O)N1Cc1ccc(Br)s1. The lowest BCUT2D eigenvalue weighted by atomic mass is 9.84. The van der Waals surface area contributed by atoms with Gasteiger partial charge in [0.25, 0.3) is 0 Å². The summed E-state index contributed by atoms with van der Waals surface area (Å²) in [5.41, 5.74) is -0.283. The molecule has 1 saturated heterocycles. The molecule has 6 heteroatoms. The molecule has 1 aromatic heterocycles. The van der Waals surface area contributed by atoms with Crippen molar-refractivity contribution in [1.29, 1.82) is 0 Å². The molecule has 1 atom stereocenters. The van der Waals surface area contributed by atoms with Gasteiger partial charge in [0.15, 0.2) is 0 Å². The van der Waals surface area contributed by atoms with Crippen LogP contribution >= 0.6 is 27.3 Å². The minimum atomic E-state index is -0.422. The van der Waals surface area contributed by atoms with Crippen LogP contribution in [0.1, 0.15) is 25.6 Å². The van der Waals surface area contributed by atoms with Crippen molar-refractivity contribution in [3.05, 3.63) is 20.8 Å². The summed E-state index contributed by atoms with van der Waals surface area (Å²) < 4.78 is 1.03. The molecule has 1 N–H and O–H groups in total. The summed E-state index contributed by atoms with van der Waals surface area (Å²) >= 11 is 5.00. The maximum absolute atomic E-state index is 12.1. The summed E-state index contributed by atoms with van der Waals surface area (Å²) in [6.45, 7) is 6.52. The molecule has 0 spiro atoms. The van der Waals surface area contributed by atoms with Gasteiger partial charge in [0.05, 0.1) is 16.9 Å². The summed E-state index contributed by atoms with van der Waals surface area (Å²) in [6, 6.07) is 3.52. The molecule has 4 nitrogen and oxygen atoms in total. The van der Waals surface area contributed by atoms with Gasteiger partial charge >= 0.3 is 0 Å². The van der Waals surface area contributed by atoms with E-state index in [1.165, 1.54) is 0 Å². The molecule has 1 aromatic rings. The molecule has 0 bridgehead atoms. The Bertz CT molecular complexity index is 507. The minimum Gasteiger partial charge on any atom is -0.345 e. The highest BCUT2D eigenvalue weighted by atomic mass is 79.9. The number of thiophene rings is 1. The van der Waals surface area contributed by atoms with E-state index < -0.39 is 6.04 Å². The molecule has 1 unspecified atom stereocenters. The van der Waals surface area contributed by atoms with Crippen LogP contribution in [0, 0.1) is 5.41 Å².